The van der Waals surface area contributed by atoms with Crippen LogP contribution in [0.5, 0.6) is 5.75 Å². The fraction of sp³-hybridized carbons (Fsp3) is 0.200. The summed E-state index contributed by atoms with van der Waals surface area (Å²) in [6.45, 7) is 2.49. The summed E-state index contributed by atoms with van der Waals surface area (Å²) in [6, 6.07) is 10.9. The number of hydrogen-bond acceptors (Lipinski definition) is 3. The Labute approximate surface area is 112 Å². The molecule has 0 saturated heterocycles. The molecule has 0 fully saturated rings. The Morgan fingerprint density at radius 1 is 1.26 bits per heavy atom. The second kappa shape index (κ2) is 5.52. The second-order valence-corrected chi connectivity index (χ2v) is 4.46. The molecule has 0 unspecified atom stereocenters. The average Bonchev–Trinajstić information content (AvgIpc) is 2.41. The van der Waals surface area contributed by atoms with Crippen LogP contribution in [0.1, 0.15) is 21.6 Å². The number of hydrogen-bond donors (Lipinski definition) is 1. The Kier molecular flexibility index (Phi) is 3.80. The molecule has 0 bridgehead atoms. The molecular formula is C15H16N2O2. The minimum atomic E-state index is -0.290. The van der Waals surface area contributed by atoms with Crippen molar-refractivity contribution in [1.29, 1.82) is 0 Å². The molecule has 0 aliphatic carbocycles. The topological polar surface area (TPSA) is 53.4 Å². The molecule has 0 aliphatic rings. The number of nitrogens with zero attached hydrogens (tertiary/aromatic N) is 2. The van der Waals surface area contributed by atoms with Gasteiger partial charge in [-0.05, 0) is 30.2 Å². The fourth-order valence-electron chi connectivity index (χ4n) is 1.86. The summed E-state index contributed by atoms with van der Waals surface area (Å²) in [7, 11) is 1.70. The number of amides is 1. The van der Waals surface area contributed by atoms with Crippen LogP contribution in [0.25, 0.3) is 0 Å². The summed E-state index contributed by atoms with van der Waals surface area (Å²) in [5, 5.41) is 9.64. The van der Waals surface area contributed by atoms with Gasteiger partial charge >= 0.3 is 0 Å². The number of benzene rings is 1. The van der Waals surface area contributed by atoms with Gasteiger partial charge in [-0.2, -0.15) is 0 Å². The summed E-state index contributed by atoms with van der Waals surface area (Å²) in [5.74, 6) is -0.384. The molecule has 0 atom stereocenters. The Morgan fingerprint density at radius 2 is 2.00 bits per heavy atom. The van der Waals surface area contributed by atoms with Crippen molar-refractivity contribution in [1.82, 2.24) is 9.88 Å². The van der Waals surface area contributed by atoms with Crippen LogP contribution in [0.4, 0.5) is 0 Å². The van der Waals surface area contributed by atoms with Gasteiger partial charge < -0.3 is 10.0 Å². The first-order chi connectivity index (χ1) is 9.09. The van der Waals surface area contributed by atoms with Crippen LogP contribution in [0.15, 0.2) is 42.6 Å². The van der Waals surface area contributed by atoms with Gasteiger partial charge in [0.15, 0.2) is 5.69 Å². The molecule has 1 aromatic carbocycles. The molecule has 2 rings (SSSR count). The highest BCUT2D eigenvalue weighted by Crippen LogP contribution is 2.16. The predicted molar refractivity (Wildman–Crippen MR) is 72.9 cm³/mol. The van der Waals surface area contributed by atoms with E-state index in [1.54, 1.807) is 18.0 Å². The lowest BCUT2D eigenvalue weighted by Crippen LogP contribution is -2.27. The molecule has 1 amide bonds. The summed E-state index contributed by atoms with van der Waals surface area (Å²) in [5.41, 5.74) is 2.29. The Bertz CT molecular complexity index is 596. The van der Waals surface area contributed by atoms with E-state index in [4.69, 9.17) is 0 Å². The SMILES string of the molecule is Cc1ccccc1CN(C)C(=O)c1ncccc1O. The van der Waals surface area contributed by atoms with Crippen molar-refractivity contribution in [3.8, 4) is 5.75 Å². The van der Waals surface area contributed by atoms with Gasteiger partial charge in [0.1, 0.15) is 5.75 Å². The molecule has 1 N–H and O–H groups in total. The number of aromatic nitrogens is 1. The summed E-state index contributed by atoms with van der Waals surface area (Å²) in [6.07, 6.45) is 1.49. The molecule has 0 saturated carbocycles. The maximum Gasteiger partial charge on any atom is 0.276 e. The van der Waals surface area contributed by atoms with E-state index in [9.17, 15) is 9.90 Å². The number of aryl methyl sites for hydroxylation is 1. The Morgan fingerprint density at radius 3 is 2.68 bits per heavy atom. The molecule has 0 radical (unpaired) electrons. The molecular weight excluding hydrogens is 240 g/mol. The lowest BCUT2D eigenvalue weighted by atomic mass is 10.1. The molecule has 1 aromatic heterocycles. The van der Waals surface area contributed by atoms with E-state index < -0.39 is 0 Å². The maximum absolute atomic E-state index is 12.2. The lowest BCUT2D eigenvalue weighted by Gasteiger charge is -2.18. The first kappa shape index (κ1) is 13.1. The van der Waals surface area contributed by atoms with Gasteiger partial charge in [-0.3, -0.25) is 4.79 Å². The number of rotatable bonds is 3. The van der Waals surface area contributed by atoms with Crippen molar-refractivity contribution >= 4 is 5.91 Å². The van der Waals surface area contributed by atoms with Crippen molar-refractivity contribution in [3.05, 3.63) is 59.4 Å². The van der Waals surface area contributed by atoms with Crippen molar-refractivity contribution in [2.24, 2.45) is 0 Å². The van der Waals surface area contributed by atoms with E-state index in [0.717, 1.165) is 11.1 Å². The van der Waals surface area contributed by atoms with Gasteiger partial charge in [-0.1, -0.05) is 24.3 Å². The highest BCUT2D eigenvalue weighted by atomic mass is 16.3. The van der Waals surface area contributed by atoms with Gasteiger partial charge in [-0.15, -0.1) is 0 Å². The van der Waals surface area contributed by atoms with E-state index in [1.165, 1.54) is 12.3 Å². The zero-order valence-electron chi connectivity index (χ0n) is 11.0. The fourth-order valence-corrected chi connectivity index (χ4v) is 1.86. The van der Waals surface area contributed by atoms with Crippen LogP contribution in [0.3, 0.4) is 0 Å². The number of carbonyl (C=O) groups excluding carboxylic acids is 1. The minimum absolute atomic E-state index is 0.0820. The van der Waals surface area contributed by atoms with E-state index in [-0.39, 0.29) is 17.4 Å². The quantitative estimate of drug-likeness (QED) is 0.917. The largest absolute Gasteiger partial charge is 0.505 e. The molecule has 4 heteroatoms. The first-order valence-electron chi connectivity index (χ1n) is 6.03. The van der Waals surface area contributed by atoms with Crippen molar-refractivity contribution in [3.63, 3.8) is 0 Å². The average molecular weight is 256 g/mol. The Hall–Kier alpha value is -2.36. The van der Waals surface area contributed by atoms with Crippen LogP contribution >= 0.6 is 0 Å². The predicted octanol–water partition coefficient (Wildman–Crippen LogP) is 2.37. The van der Waals surface area contributed by atoms with E-state index >= 15 is 0 Å². The third-order valence-corrected chi connectivity index (χ3v) is 3.00. The zero-order valence-corrected chi connectivity index (χ0v) is 11.0. The van der Waals surface area contributed by atoms with Crippen molar-refractivity contribution in [2.45, 2.75) is 13.5 Å². The molecule has 0 spiro atoms. The Balaban J connectivity index is 2.17. The van der Waals surface area contributed by atoms with Crippen LogP contribution in [-0.2, 0) is 6.54 Å². The van der Waals surface area contributed by atoms with Crippen LogP contribution in [-0.4, -0.2) is 27.9 Å². The number of aromatic hydroxyl groups is 1. The van der Waals surface area contributed by atoms with Gasteiger partial charge in [0.2, 0.25) is 0 Å². The van der Waals surface area contributed by atoms with Crippen LogP contribution in [0, 0.1) is 6.92 Å². The monoisotopic (exact) mass is 256 g/mol. The third-order valence-electron chi connectivity index (χ3n) is 3.00. The second-order valence-electron chi connectivity index (χ2n) is 4.46. The smallest absolute Gasteiger partial charge is 0.276 e. The van der Waals surface area contributed by atoms with Crippen LogP contribution < -0.4 is 0 Å². The summed E-state index contributed by atoms with van der Waals surface area (Å²) < 4.78 is 0. The number of carbonyl (C=O) groups is 1. The number of pyridine rings is 1. The third kappa shape index (κ3) is 2.91. The summed E-state index contributed by atoms with van der Waals surface area (Å²) >= 11 is 0. The van der Waals surface area contributed by atoms with Crippen molar-refractivity contribution in [2.75, 3.05) is 7.05 Å². The van der Waals surface area contributed by atoms with Gasteiger partial charge in [0.05, 0.1) is 0 Å². The lowest BCUT2D eigenvalue weighted by molar-refractivity contribution is 0.0776. The van der Waals surface area contributed by atoms with Gasteiger partial charge in [0, 0.05) is 19.8 Å². The normalized spacial score (nSPS) is 10.2. The standard InChI is InChI=1S/C15H16N2O2/c1-11-6-3-4-7-12(11)10-17(2)15(19)14-13(18)8-5-9-16-14/h3-9,18H,10H2,1-2H3. The van der Waals surface area contributed by atoms with E-state index in [1.807, 2.05) is 31.2 Å². The highest BCUT2D eigenvalue weighted by Gasteiger charge is 2.17. The molecule has 98 valence electrons. The van der Waals surface area contributed by atoms with Crippen molar-refractivity contribution < 1.29 is 9.90 Å². The van der Waals surface area contributed by atoms with E-state index in [0.29, 0.717) is 6.54 Å². The molecule has 1 heterocycles. The maximum atomic E-state index is 12.2. The zero-order chi connectivity index (χ0) is 13.8. The summed E-state index contributed by atoms with van der Waals surface area (Å²) in [4.78, 5) is 17.7. The molecule has 0 aliphatic heterocycles. The minimum Gasteiger partial charge on any atom is -0.505 e. The highest BCUT2D eigenvalue weighted by molar-refractivity contribution is 5.94. The first-order valence-corrected chi connectivity index (χ1v) is 6.03. The van der Waals surface area contributed by atoms with Crippen LogP contribution in [0.2, 0.25) is 0 Å². The van der Waals surface area contributed by atoms with Gasteiger partial charge in [-0.25, -0.2) is 4.98 Å². The molecule has 19 heavy (non-hydrogen) atoms. The molecule has 2 aromatic rings. The van der Waals surface area contributed by atoms with Gasteiger partial charge in [0.25, 0.3) is 5.91 Å². The van der Waals surface area contributed by atoms with E-state index in [2.05, 4.69) is 4.98 Å². The molecule has 4 nitrogen and oxygen atoms in total.